The normalized spacial score (nSPS) is 15.6. The van der Waals surface area contributed by atoms with E-state index in [0.29, 0.717) is 43.3 Å². The number of hydrogen-bond acceptors (Lipinski definition) is 6. The molecule has 34 heavy (non-hydrogen) atoms. The van der Waals surface area contributed by atoms with Gasteiger partial charge in [0.25, 0.3) is 0 Å². The number of urea groups is 1. The third-order valence-corrected chi connectivity index (χ3v) is 5.66. The molecule has 1 saturated heterocycles. The summed E-state index contributed by atoms with van der Waals surface area (Å²) < 4.78 is 44.3. The lowest BCUT2D eigenvalue weighted by molar-refractivity contribution is -0.137. The molecule has 0 saturated carbocycles. The Kier molecular flexibility index (Phi) is 6.51. The van der Waals surface area contributed by atoms with Crippen molar-refractivity contribution < 1.29 is 22.5 Å². The maximum absolute atomic E-state index is 13.0. The summed E-state index contributed by atoms with van der Waals surface area (Å²) in [7, 11) is 0. The number of benzene rings is 2. The SMILES string of the molecule is CC(c1nc(-c2cccc(C(F)(F)F)c2)no1)N1CCN(C(=O)Nc2ccc(C#N)cc2)CC1. The molecule has 2 heterocycles. The van der Waals surface area contributed by atoms with Gasteiger partial charge in [0, 0.05) is 37.4 Å². The Bertz CT molecular complexity index is 1190. The van der Waals surface area contributed by atoms with Crippen molar-refractivity contribution in [1.82, 2.24) is 19.9 Å². The first kappa shape index (κ1) is 23.3. The minimum absolute atomic E-state index is 0.0911. The molecule has 1 aromatic heterocycles. The second-order valence-electron chi connectivity index (χ2n) is 7.85. The fraction of sp³-hybridized carbons (Fsp3) is 0.304. The van der Waals surface area contributed by atoms with Crippen LogP contribution in [-0.2, 0) is 6.18 Å². The summed E-state index contributed by atoms with van der Waals surface area (Å²) >= 11 is 0. The van der Waals surface area contributed by atoms with Crippen LogP contribution in [0.3, 0.4) is 0 Å². The van der Waals surface area contributed by atoms with Gasteiger partial charge in [-0.25, -0.2) is 4.79 Å². The van der Waals surface area contributed by atoms with E-state index in [2.05, 4.69) is 20.4 Å². The fourth-order valence-corrected chi connectivity index (χ4v) is 3.66. The number of amides is 2. The lowest BCUT2D eigenvalue weighted by atomic mass is 10.1. The first-order chi connectivity index (χ1) is 16.2. The summed E-state index contributed by atoms with van der Waals surface area (Å²) in [6.07, 6.45) is -4.46. The number of nitrogens with zero attached hydrogens (tertiary/aromatic N) is 5. The number of anilines is 1. The van der Waals surface area contributed by atoms with Gasteiger partial charge in [0.1, 0.15) is 0 Å². The summed E-state index contributed by atoms with van der Waals surface area (Å²) in [5, 5.41) is 15.5. The minimum atomic E-state index is -4.46. The van der Waals surface area contributed by atoms with Crippen molar-refractivity contribution in [2.75, 3.05) is 31.5 Å². The molecular formula is C23H21F3N6O2. The van der Waals surface area contributed by atoms with Crippen LogP contribution in [0.15, 0.2) is 53.1 Å². The Morgan fingerprint density at radius 3 is 2.50 bits per heavy atom. The van der Waals surface area contributed by atoms with Crippen LogP contribution in [0.5, 0.6) is 0 Å². The number of aromatic nitrogens is 2. The summed E-state index contributed by atoms with van der Waals surface area (Å²) in [5.74, 6) is 0.385. The zero-order valence-corrected chi connectivity index (χ0v) is 18.2. The standard InChI is InChI=1S/C23H21F3N6O2/c1-15(21-29-20(30-34-21)17-3-2-4-18(13-17)23(24,25)26)31-9-11-32(12-10-31)22(33)28-19-7-5-16(14-27)6-8-19/h2-8,13,15H,9-12H2,1H3,(H,28,33). The van der Waals surface area contributed by atoms with Crippen molar-refractivity contribution in [2.45, 2.75) is 19.1 Å². The molecule has 0 radical (unpaired) electrons. The zero-order chi connectivity index (χ0) is 24.3. The van der Waals surface area contributed by atoms with Crippen LogP contribution in [-0.4, -0.2) is 52.2 Å². The van der Waals surface area contributed by atoms with Crippen molar-refractivity contribution in [3.8, 4) is 17.5 Å². The zero-order valence-electron chi connectivity index (χ0n) is 18.2. The molecular weight excluding hydrogens is 449 g/mol. The van der Waals surface area contributed by atoms with Crippen molar-refractivity contribution in [1.29, 1.82) is 5.26 Å². The van der Waals surface area contributed by atoms with E-state index in [4.69, 9.17) is 9.78 Å². The number of nitrogens with one attached hydrogen (secondary N) is 1. The lowest BCUT2D eigenvalue weighted by Crippen LogP contribution is -2.50. The average Bonchev–Trinajstić information content (AvgIpc) is 3.34. The highest BCUT2D eigenvalue weighted by atomic mass is 19.4. The van der Waals surface area contributed by atoms with Crippen molar-refractivity contribution in [3.05, 3.63) is 65.5 Å². The van der Waals surface area contributed by atoms with Crippen LogP contribution in [0, 0.1) is 11.3 Å². The second-order valence-corrected chi connectivity index (χ2v) is 7.85. The van der Waals surface area contributed by atoms with Gasteiger partial charge in [0.05, 0.1) is 23.2 Å². The third-order valence-electron chi connectivity index (χ3n) is 5.66. The smallest absolute Gasteiger partial charge is 0.337 e. The van der Waals surface area contributed by atoms with Crippen molar-refractivity contribution in [3.63, 3.8) is 0 Å². The lowest BCUT2D eigenvalue weighted by Gasteiger charge is -2.36. The number of nitriles is 1. The Hall–Kier alpha value is -3.91. The molecule has 2 amide bonds. The Balaban J connectivity index is 1.35. The first-order valence-electron chi connectivity index (χ1n) is 10.6. The number of rotatable bonds is 4. The van der Waals surface area contributed by atoms with E-state index in [0.717, 1.165) is 12.1 Å². The van der Waals surface area contributed by atoms with Crippen molar-refractivity contribution >= 4 is 11.7 Å². The fourth-order valence-electron chi connectivity index (χ4n) is 3.66. The van der Waals surface area contributed by atoms with Crippen LogP contribution in [0.2, 0.25) is 0 Å². The van der Waals surface area contributed by atoms with Crippen LogP contribution < -0.4 is 5.32 Å². The van der Waals surface area contributed by atoms with Crippen LogP contribution in [0.25, 0.3) is 11.4 Å². The quantitative estimate of drug-likeness (QED) is 0.601. The van der Waals surface area contributed by atoms with Gasteiger partial charge in [-0.2, -0.15) is 23.4 Å². The molecule has 1 unspecified atom stereocenters. The van der Waals surface area contributed by atoms with E-state index in [1.165, 1.54) is 12.1 Å². The summed E-state index contributed by atoms with van der Waals surface area (Å²) in [4.78, 5) is 20.6. The van der Waals surface area contributed by atoms with Gasteiger partial charge in [-0.3, -0.25) is 4.90 Å². The summed E-state index contributed by atoms with van der Waals surface area (Å²) in [5.41, 5.74) is 0.562. The van der Waals surface area contributed by atoms with E-state index in [1.54, 1.807) is 29.2 Å². The number of carbonyl (C=O) groups is 1. The average molecular weight is 470 g/mol. The molecule has 2 aromatic carbocycles. The number of alkyl halides is 3. The maximum atomic E-state index is 13.0. The predicted molar refractivity (Wildman–Crippen MR) is 116 cm³/mol. The number of piperazine rings is 1. The van der Waals surface area contributed by atoms with Crippen LogP contribution in [0.4, 0.5) is 23.7 Å². The van der Waals surface area contributed by atoms with E-state index in [-0.39, 0.29) is 23.5 Å². The Morgan fingerprint density at radius 2 is 1.85 bits per heavy atom. The van der Waals surface area contributed by atoms with E-state index in [1.807, 2.05) is 13.0 Å². The maximum Gasteiger partial charge on any atom is 0.416 e. The molecule has 1 aliphatic rings. The number of carbonyl (C=O) groups excluding carboxylic acids is 1. The van der Waals surface area contributed by atoms with Gasteiger partial charge in [0.15, 0.2) is 0 Å². The molecule has 11 heteroatoms. The van der Waals surface area contributed by atoms with Crippen LogP contribution in [0.1, 0.15) is 30.0 Å². The molecule has 1 aliphatic heterocycles. The van der Waals surface area contributed by atoms with E-state index >= 15 is 0 Å². The van der Waals surface area contributed by atoms with Gasteiger partial charge < -0.3 is 14.7 Å². The first-order valence-corrected chi connectivity index (χ1v) is 10.6. The highest BCUT2D eigenvalue weighted by molar-refractivity contribution is 5.89. The molecule has 4 rings (SSSR count). The highest BCUT2D eigenvalue weighted by Gasteiger charge is 2.31. The molecule has 0 aliphatic carbocycles. The van der Waals surface area contributed by atoms with Crippen molar-refractivity contribution in [2.24, 2.45) is 0 Å². The van der Waals surface area contributed by atoms with E-state index < -0.39 is 11.7 Å². The largest absolute Gasteiger partial charge is 0.416 e. The Morgan fingerprint density at radius 1 is 1.15 bits per heavy atom. The van der Waals surface area contributed by atoms with Gasteiger partial charge >= 0.3 is 12.2 Å². The monoisotopic (exact) mass is 470 g/mol. The summed E-state index contributed by atoms with van der Waals surface area (Å²) in [6, 6.07) is 12.9. The Labute approximate surface area is 193 Å². The second kappa shape index (κ2) is 9.52. The molecule has 3 aromatic rings. The molecule has 0 spiro atoms. The molecule has 176 valence electrons. The topological polar surface area (TPSA) is 98.3 Å². The minimum Gasteiger partial charge on any atom is -0.337 e. The highest BCUT2D eigenvalue weighted by Crippen LogP contribution is 2.32. The van der Waals surface area contributed by atoms with E-state index in [9.17, 15) is 18.0 Å². The van der Waals surface area contributed by atoms with Gasteiger partial charge in [-0.1, -0.05) is 17.3 Å². The molecule has 8 nitrogen and oxygen atoms in total. The number of hydrogen-bond donors (Lipinski definition) is 1. The third kappa shape index (κ3) is 5.18. The van der Waals surface area contributed by atoms with Gasteiger partial charge in [-0.05, 0) is 43.3 Å². The van der Waals surface area contributed by atoms with Gasteiger partial charge in [-0.15, -0.1) is 0 Å². The summed E-state index contributed by atoms with van der Waals surface area (Å²) in [6.45, 7) is 3.94. The van der Waals surface area contributed by atoms with Crippen LogP contribution >= 0.6 is 0 Å². The number of halogens is 3. The van der Waals surface area contributed by atoms with Gasteiger partial charge in [0.2, 0.25) is 11.7 Å². The molecule has 1 N–H and O–H groups in total. The molecule has 1 atom stereocenters. The predicted octanol–water partition coefficient (Wildman–Crippen LogP) is 4.54. The molecule has 1 fully saturated rings. The molecule has 0 bridgehead atoms.